The molecule has 0 radical (unpaired) electrons. The second-order valence-corrected chi connectivity index (χ2v) is 8.92. The molecule has 6 heteroatoms. The van der Waals surface area contributed by atoms with Crippen molar-refractivity contribution in [1.82, 2.24) is 15.1 Å². The van der Waals surface area contributed by atoms with Gasteiger partial charge in [0.1, 0.15) is 5.60 Å². The molecule has 0 bridgehead atoms. The fourth-order valence-electron chi connectivity index (χ4n) is 4.63. The summed E-state index contributed by atoms with van der Waals surface area (Å²) in [5.41, 5.74) is 0.612. The molecule has 2 aliphatic heterocycles. The maximum atomic E-state index is 12.8. The highest BCUT2D eigenvalue weighted by Crippen LogP contribution is 2.24. The van der Waals surface area contributed by atoms with Crippen LogP contribution in [0.2, 0.25) is 0 Å². The van der Waals surface area contributed by atoms with Gasteiger partial charge in [-0.1, -0.05) is 48.5 Å². The van der Waals surface area contributed by atoms with Crippen LogP contribution in [-0.2, 0) is 6.54 Å². The highest BCUT2D eigenvalue weighted by Gasteiger charge is 2.42. The Morgan fingerprint density at radius 1 is 0.968 bits per heavy atom. The number of hydrogen-bond acceptors (Lipinski definition) is 5. The molecule has 0 aromatic heterocycles. The highest BCUT2D eigenvalue weighted by molar-refractivity contribution is 5.94. The zero-order valence-electron chi connectivity index (χ0n) is 18.0. The first-order valence-electron chi connectivity index (χ1n) is 11.3. The van der Waals surface area contributed by atoms with Gasteiger partial charge in [0.05, 0.1) is 12.6 Å². The van der Waals surface area contributed by atoms with Gasteiger partial charge in [-0.05, 0) is 50.0 Å². The van der Waals surface area contributed by atoms with Gasteiger partial charge in [0.15, 0.2) is 0 Å². The van der Waals surface area contributed by atoms with Crippen LogP contribution >= 0.6 is 0 Å². The van der Waals surface area contributed by atoms with Crippen molar-refractivity contribution in [2.75, 3.05) is 32.7 Å². The summed E-state index contributed by atoms with van der Waals surface area (Å²) in [6.45, 7) is 3.86. The van der Waals surface area contributed by atoms with E-state index in [9.17, 15) is 15.0 Å². The van der Waals surface area contributed by atoms with Crippen LogP contribution in [0.5, 0.6) is 0 Å². The fourth-order valence-corrected chi connectivity index (χ4v) is 4.63. The predicted octanol–water partition coefficient (Wildman–Crippen LogP) is 1.88. The first-order valence-corrected chi connectivity index (χ1v) is 11.3. The summed E-state index contributed by atoms with van der Waals surface area (Å²) in [4.78, 5) is 16.9. The molecular formula is C25H33N3O3. The van der Waals surface area contributed by atoms with Crippen molar-refractivity contribution in [3.05, 3.63) is 71.8 Å². The Balaban J connectivity index is 1.27. The molecule has 6 nitrogen and oxygen atoms in total. The van der Waals surface area contributed by atoms with Crippen molar-refractivity contribution in [2.24, 2.45) is 0 Å². The van der Waals surface area contributed by atoms with Crippen LogP contribution < -0.4 is 5.32 Å². The molecule has 2 atom stereocenters. The number of nitrogens with zero attached hydrogens (tertiary/aromatic N) is 2. The van der Waals surface area contributed by atoms with Crippen LogP contribution in [0.1, 0.15) is 35.2 Å². The molecule has 31 heavy (non-hydrogen) atoms. The normalized spacial score (nSPS) is 25.5. The molecule has 2 heterocycles. The molecule has 0 spiro atoms. The first kappa shape index (κ1) is 22.0. The topological polar surface area (TPSA) is 76.0 Å². The second kappa shape index (κ2) is 9.92. The van der Waals surface area contributed by atoms with Crippen LogP contribution in [0.3, 0.4) is 0 Å². The fraction of sp³-hybridized carbons (Fsp3) is 0.480. The Bertz CT molecular complexity index is 840. The van der Waals surface area contributed by atoms with E-state index in [0.29, 0.717) is 24.6 Å². The minimum absolute atomic E-state index is 0.0971. The number of hydrogen-bond donors (Lipinski definition) is 3. The third-order valence-electron chi connectivity index (χ3n) is 6.60. The van der Waals surface area contributed by atoms with Crippen LogP contribution in [0.15, 0.2) is 60.7 Å². The molecule has 2 aromatic rings. The monoisotopic (exact) mass is 423 g/mol. The lowest BCUT2D eigenvalue weighted by atomic mass is 9.88. The molecule has 3 N–H and O–H groups in total. The number of benzene rings is 2. The number of likely N-dealkylation sites (tertiary alicyclic amines) is 2. The molecule has 166 valence electrons. The van der Waals surface area contributed by atoms with Crippen LogP contribution in [-0.4, -0.2) is 76.4 Å². The third-order valence-corrected chi connectivity index (χ3v) is 6.60. The van der Waals surface area contributed by atoms with Gasteiger partial charge in [0.2, 0.25) is 0 Å². The van der Waals surface area contributed by atoms with E-state index in [-0.39, 0.29) is 19.0 Å². The lowest BCUT2D eigenvalue weighted by Crippen LogP contribution is -2.63. The van der Waals surface area contributed by atoms with E-state index in [2.05, 4.69) is 34.5 Å². The number of carbonyl (C=O) groups is 1. The molecule has 1 amide bonds. The number of aliphatic hydroxyl groups excluding tert-OH is 1. The molecule has 2 saturated heterocycles. The predicted molar refractivity (Wildman–Crippen MR) is 121 cm³/mol. The van der Waals surface area contributed by atoms with Gasteiger partial charge < -0.3 is 20.4 Å². The van der Waals surface area contributed by atoms with Crippen LogP contribution in [0.25, 0.3) is 0 Å². The van der Waals surface area contributed by atoms with Crippen molar-refractivity contribution in [2.45, 2.75) is 43.6 Å². The van der Waals surface area contributed by atoms with E-state index in [1.165, 1.54) is 5.56 Å². The third kappa shape index (κ3) is 5.52. The quantitative estimate of drug-likeness (QED) is 0.662. The van der Waals surface area contributed by atoms with Gasteiger partial charge in [-0.2, -0.15) is 0 Å². The standard InChI is InChI=1S/C25H33N3O3/c29-23-13-16-28(24(30)21-9-5-2-6-10-21)19-25(23,31)18-26-22-11-14-27(15-12-22)17-20-7-3-1-4-8-20/h1-10,22-23,26,29,31H,11-19H2/t23-,25+/m1/s1. The van der Waals surface area contributed by atoms with Gasteiger partial charge in [-0.3, -0.25) is 9.69 Å². The Morgan fingerprint density at radius 2 is 1.61 bits per heavy atom. The summed E-state index contributed by atoms with van der Waals surface area (Å²) in [5, 5.41) is 25.1. The van der Waals surface area contributed by atoms with Crippen molar-refractivity contribution in [1.29, 1.82) is 0 Å². The molecular weight excluding hydrogens is 390 g/mol. The first-order chi connectivity index (χ1) is 15.0. The Morgan fingerprint density at radius 3 is 2.29 bits per heavy atom. The molecule has 2 aliphatic rings. The Kier molecular flexibility index (Phi) is 7.02. The number of rotatable bonds is 6. The van der Waals surface area contributed by atoms with Crippen molar-refractivity contribution < 1.29 is 15.0 Å². The summed E-state index contributed by atoms with van der Waals surface area (Å²) in [6.07, 6.45) is 1.56. The smallest absolute Gasteiger partial charge is 0.253 e. The number of carbonyl (C=O) groups excluding carboxylic acids is 1. The summed E-state index contributed by atoms with van der Waals surface area (Å²) < 4.78 is 0. The molecule has 2 aromatic carbocycles. The van der Waals surface area contributed by atoms with E-state index < -0.39 is 11.7 Å². The minimum Gasteiger partial charge on any atom is -0.390 e. The number of nitrogens with one attached hydrogen (secondary N) is 1. The summed E-state index contributed by atoms with van der Waals surface area (Å²) in [7, 11) is 0. The summed E-state index contributed by atoms with van der Waals surface area (Å²) in [6, 6.07) is 19.9. The van der Waals surface area contributed by atoms with Gasteiger partial charge in [0.25, 0.3) is 5.91 Å². The minimum atomic E-state index is -1.33. The maximum absolute atomic E-state index is 12.8. The van der Waals surface area contributed by atoms with Crippen molar-refractivity contribution >= 4 is 5.91 Å². The van der Waals surface area contributed by atoms with E-state index in [1.54, 1.807) is 17.0 Å². The van der Waals surface area contributed by atoms with E-state index in [1.807, 2.05) is 24.3 Å². The Hall–Kier alpha value is -2.25. The highest BCUT2D eigenvalue weighted by atomic mass is 16.3. The number of piperidine rings is 2. The van der Waals surface area contributed by atoms with E-state index in [0.717, 1.165) is 32.5 Å². The zero-order valence-corrected chi connectivity index (χ0v) is 18.0. The van der Waals surface area contributed by atoms with Crippen molar-refractivity contribution in [3.8, 4) is 0 Å². The molecule has 2 fully saturated rings. The maximum Gasteiger partial charge on any atom is 0.253 e. The van der Waals surface area contributed by atoms with E-state index >= 15 is 0 Å². The van der Waals surface area contributed by atoms with Crippen LogP contribution in [0, 0.1) is 0 Å². The molecule has 0 unspecified atom stereocenters. The zero-order chi connectivity index (χ0) is 21.7. The number of β-amino-alcohol motifs (C(OH)–C–C–N with tert-alkyl or cyclic N) is 1. The van der Waals surface area contributed by atoms with E-state index in [4.69, 9.17) is 0 Å². The summed E-state index contributed by atoms with van der Waals surface area (Å²) >= 11 is 0. The average Bonchev–Trinajstić information content (AvgIpc) is 2.81. The van der Waals surface area contributed by atoms with Gasteiger partial charge >= 0.3 is 0 Å². The molecule has 0 aliphatic carbocycles. The SMILES string of the molecule is O=C(c1ccccc1)N1CC[C@@H](O)[C@](O)(CNC2CCN(Cc3ccccc3)CC2)C1. The van der Waals surface area contributed by atoms with Gasteiger partial charge in [-0.25, -0.2) is 0 Å². The van der Waals surface area contributed by atoms with Crippen LogP contribution in [0.4, 0.5) is 0 Å². The second-order valence-electron chi connectivity index (χ2n) is 8.92. The average molecular weight is 424 g/mol. The molecule has 0 saturated carbocycles. The van der Waals surface area contributed by atoms with Gasteiger partial charge in [-0.15, -0.1) is 0 Å². The summed E-state index contributed by atoms with van der Waals surface area (Å²) in [5.74, 6) is -0.0971. The number of amides is 1. The number of aliphatic hydroxyl groups is 2. The lowest BCUT2D eigenvalue weighted by Gasteiger charge is -2.44. The lowest BCUT2D eigenvalue weighted by molar-refractivity contribution is -0.112. The Labute approximate surface area is 184 Å². The largest absolute Gasteiger partial charge is 0.390 e. The van der Waals surface area contributed by atoms with Gasteiger partial charge in [0, 0.05) is 31.2 Å². The molecule has 4 rings (SSSR count). The van der Waals surface area contributed by atoms with Crippen molar-refractivity contribution in [3.63, 3.8) is 0 Å².